The van der Waals surface area contributed by atoms with Crippen LogP contribution in [0.25, 0.3) is 0 Å². The van der Waals surface area contributed by atoms with Gasteiger partial charge in [-0.2, -0.15) is 0 Å². The van der Waals surface area contributed by atoms with Crippen molar-refractivity contribution in [2.45, 2.75) is 18.6 Å². The lowest BCUT2D eigenvalue weighted by molar-refractivity contribution is -0.142. The first-order chi connectivity index (χ1) is 8.60. The molecule has 4 nitrogen and oxygen atoms in total. The van der Waals surface area contributed by atoms with Crippen molar-refractivity contribution in [1.29, 1.82) is 0 Å². The molecule has 1 heterocycles. The molecule has 0 saturated carbocycles. The SMILES string of the molecule is COC(=O)[C@@H]1C[C@H](Oc2ccc(Cl)cc2Cl)CN1. The molecule has 0 aromatic heterocycles. The van der Waals surface area contributed by atoms with E-state index in [1.807, 2.05) is 0 Å². The summed E-state index contributed by atoms with van der Waals surface area (Å²) < 4.78 is 10.4. The molecule has 98 valence electrons. The van der Waals surface area contributed by atoms with Gasteiger partial charge in [-0.05, 0) is 18.2 Å². The highest BCUT2D eigenvalue weighted by molar-refractivity contribution is 6.35. The monoisotopic (exact) mass is 289 g/mol. The van der Waals surface area contributed by atoms with Crippen molar-refractivity contribution in [1.82, 2.24) is 5.32 Å². The van der Waals surface area contributed by atoms with Crippen molar-refractivity contribution in [3.8, 4) is 5.75 Å². The first kappa shape index (κ1) is 13.5. The summed E-state index contributed by atoms with van der Waals surface area (Å²) in [6, 6.07) is 4.74. The Labute approximate surface area is 115 Å². The van der Waals surface area contributed by atoms with Crippen molar-refractivity contribution in [3.63, 3.8) is 0 Å². The van der Waals surface area contributed by atoms with Crippen molar-refractivity contribution in [2.24, 2.45) is 0 Å². The van der Waals surface area contributed by atoms with Gasteiger partial charge in [-0.15, -0.1) is 0 Å². The molecule has 2 rings (SSSR count). The van der Waals surface area contributed by atoms with Gasteiger partial charge in [-0.1, -0.05) is 23.2 Å². The van der Waals surface area contributed by atoms with Gasteiger partial charge >= 0.3 is 5.97 Å². The van der Waals surface area contributed by atoms with Crippen LogP contribution in [0.15, 0.2) is 18.2 Å². The Kier molecular flexibility index (Phi) is 4.32. The number of ether oxygens (including phenoxy) is 2. The van der Waals surface area contributed by atoms with Gasteiger partial charge in [-0.3, -0.25) is 4.79 Å². The lowest BCUT2D eigenvalue weighted by Gasteiger charge is -2.14. The molecular formula is C12H13Cl2NO3. The molecule has 1 aliphatic heterocycles. The van der Waals surface area contributed by atoms with Crippen LogP contribution in [0.5, 0.6) is 5.75 Å². The van der Waals surface area contributed by atoms with E-state index in [2.05, 4.69) is 10.1 Å². The van der Waals surface area contributed by atoms with Crippen LogP contribution in [-0.4, -0.2) is 31.8 Å². The normalized spacial score (nSPS) is 22.8. The minimum Gasteiger partial charge on any atom is -0.487 e. The third kappa shape index (κ3) is 3.07. The fourth-order valence-corrected chi connectivity index (χ4v) is 2.32. The van der Waals surface area contributed by atoms with E-state index in [4.69, 9.17) is 27.9 Å². The van der Waals surface area contributed by atoms with Crippen LogP contribution in [0.1, 0.15) is 6.42 Å². The maximum absolute atomic E-state index is 11.3. The summed E-state index contributed by atoms with van der Waals surface area (Å²) in [6.45, 7) is 0.582. The minimum absolute atomic E-state index is 0.104. The maximum Gasteiger partial charge on any atom is 0.323 e. The number of benzene rings is 1. The second-order valence-electron chi connectivity index (χ2n) is 4.03. The predicted molar refractivity (Wildman–Crippen MR) is 69.3 cm³/mol. The van der Waals surface area contributed by atoms with E-state index >= 15 is 0 Å². The number of nitrogens with one attached hydrogen (secondary N) is 1. The van der Waals surface area contributed by atoms with Gasteiger partial charge in [0, 0.05) is 18.0 Å². The third-order valence-corrected chi connectivity index (χ3v) is 3.29. The quantitative estimate of drug-likeness (QED) is 0.868. The highest BCUT2D eigenvalue weighted by Gasteiger charge is 2.31. The zero-order valence-corrected chi connectivity index (χ0v) is 11.3. The van der Waals surface area contributed by atoms with Gasteiger partial charge in [0.25, 0.3) is 0 Å². The molecule has 0 bridgehead atoms. The minimum atomic E-state index is -0.314. The maximum atomic E-state index is 11.3. The van der Waals surface area contributed by atoms with Crippen LogP contribution in [-0.2, 0) is 9.53 Å². The van der Waals surface area contributed by atoms with Crippen molar-refractivity contribution >= 4 is 29.2 Å². The van der Waals surface area contributed by atoms with E-state index in [1.54, 1.807) is 18.2 Å². The number of carbonyl (C=O) groups is 1. The summed E-state index contributed by atoms with van der Waals surface area (Å²) in [5, 5.41) is 4.06. The topological polar surface area (TPSA) is 47.6 Å². The fourth-order valence-electron chi connectivity index (χ4n) is 1.87. The van der Waals surface area contributed by atoms with Crippen LogP contribution in [0.2, 0.25) is 10.0 Å². The lowest BCUT2D eigenvalue weighted by atomic mass is 10.2. The van der Waals surface area contributed by atoms with Crippen molar-refractivity contribution < 1.29 is 14.3 Å². The van der Waals surface area contributed by atoms with Crippen LogP contribution in [0, 0.1) is 0 Å². The van der Waals surface area contributed by atoms with E-state index in [0.29, 0.717) is 28.8 Å². The fraction of sp³-hybridized carbons (Fsp3) is 0.417. The van der Waals surface area contributed by atoms with E-state index < -0.39 is 0 Å². The Hall–Kier alpha value is -0.970. The highest BCUT2D eigenvalue weighted by Crippen LogP contribution is 2.29. The molecular weight excluding hydrogens is 277 g/mol. The second kappa shape index (κ2) is 5.78. The van der Waals surface area contributed by atoms with Gasteiger partial charge in [0.15, 0.2) is 0 Å². The molecule has 1 fully saturated rings. The van der Waals surface area contributed by atoms with Gasteiger partial charge in [0.1, 0.15) is 17.9 Å². The first-order valence-corrected chi connectivity index (χ1v) is 6.28. The number of carbonyl (C=O) groups excluding carboxylic acids is 1. The zero-order valence-electron chi connectivity index (χ0n) is 9.78. The molecule has 0 amide bonds. The molecule has 1 aliphatic rings. The van der Waals surface area contributed by atoms with Crippen LogP contribution in [0.4, 0.5) is 0 Å². The second-order valence-corrected chi connectivity index (χ2v) is 4.88. The van der Waals surface area contributed by atoms with Gasteiger partial charge in [0.2, 0.25) is 0 Å². The summed E-state index contributed by atoms with van der Waals surface area (Å²) >= 11 is 11.8. The molecule has 6 heteroatoms. The summed E-state index contributed by atoms with van der Waals surface area (Å²) in [7, 11) is 1.37. The van der Waals surface area contributed by atoms with E-state index in [9.17, 15) is 4.79 Å². The Morgan fingerprint density at radius 2 is 2.22 bits per heavy atom. The Morgan fingerprint density at radius 1 is 1.44 bits per heavy atom. The largest absolute Gasteiger partial charge is 0.487 e. The Bertz CT molecular complexity index is 453. The highest BCUT2D eigenvalue weighted by atomic mass is 35.5. The van der Waals surface area contributed by atoms with Crippen molar-refractivity contribution in [3.05, 3.63) is 28.2 Å². The summed E-state index contributed by atoms with van der Waals surface area (Å²) in [4.78, 5) is 11.3. The van der Waals surface area contributed by atoms with Crippen LogP contribution < -0.4 is 10.1 Å². The van der Waals surface area contributed by atoms with Crippen molar-refractivity contribution in [2.75, 3.05) is 13.7 Å². The zero-order chi connectivity index (χ0) is 13.1. The number of hydrogen-bond acceptors (Lipinski definition) is 4. The molecule has 0 radical (unpaired) electrons. The molecule has 18 heavy (non-hydrogen) atoms. The van der Waals surface area contributed by atoms with Crippen LogP contribution in [0.3, 0.4) is 0 Å². The van der Waals surface area contributed by atoms with E-state index in [0.717, 1.165) is 0 Å². The molecule has 2 atom stereocenters. The average molecular weight is 290 g/mol. The van der Waals surface area contributed by atoms with Gasteiger partial charge in [-0.25, -0.2) is 0 Å². The average Bonchev–Trinajstić information content (AvgIpc) is 2.80. The molecule has 1 aromatic rings. The number of esters is 1. The number of halogens is 2. The summed E-state index contributed by atoms with van der Waals surface area (Å²) in [6.07, 6.45) is 0.457. The standard InChI is InChI=1S/C12H13Cl2NO3/c1-17-12(16)10-5-8(6-15-10)18-11-3-2-7(13)4-9(11)14/h2-4,8,10,15H,5-6H2,1H3/t8-,10-/m0/s1. The van der Waals surface area contributed by atoms with E-state index in [1.165, 1.54) is 7.11 Å². The molecule has 0 spiro atoms. The third-order valence-electron chi connectivity index (χ3n) is 2.76. The molecule has 1 N–H and O–H groups in total. The first-order valence-electron chi connectivity index (χ1n) is 5.53. The number of hydrogen-bond donors (Lipinski definition) is 1. The predicted octanol–water partition coefficient (Wildman–Crippen LogP) is 2.28. The number of rotatable bonds is 3. The molecule has 0 aliphatic carbocycles. The molecule has 0 unspecified atom stereocenters. The Morgan fingerprint density at radius 3 is 2.89 bits per heavy atom. The lowest BCUT2D eigenvalue weighted by Crippen LogP contribution is -2.31. The van der Waals surface area contributed by atoms with E-state index in [-0.39, 0.29) is 18.1 Å². The summed E-state index contributed by atoms with van der Waals surface area (Å²) in [5.74, 6) is 0.293. The Balaban J connectivity index is 1.97. The molecule has 1 aromatic carbocycles. The smallest absolute Gasteiger partial charge is 0.323 e. The molecule has 1 saturated heterocycles. The van der Waals surface area contributed by atoms with Crippen LogP contribution >= 0.6 is 23.2 Å². The van der Waals surface area contributed by atoms with Gasteiger partial charge in [0.05, 0.1) is 12.1 Å². The number of methoxy groups -OCH3 is 1. The van der Waals surface area contributed by atoms with Gasteiger partial charge < -0.3 is 14.8 Å². The summed E-state index contributed by atoms with van der Waals surface area (Å²) in [5.41, 5.74) is 0.